The maximum absolute atomic E-state index is 12.5. The summed E-state index contributed by atoms with van der Waals surface area (Å²) in [6.07, 6.45) is -0.148. The highest BCUT2D eigenvalue weighted by Gasteiger charge is 2.26. The topological polar surface area (TPSA) is 85.4 Å². The molecule has 0 aliphatic heterocycles. The number of hydrogen-bond donors (Lipinski definition) is 1. The van der Waals surface area contributed by atoms with Crippen LogP contribution >= 0.6 is 11.3 Å². The number of benzene rings is 3. The van der Waals surface area contributed by atoms with Crippen LogP contribution in [0.3, 0.4) is 0 Å². The highest BCUT2D eigenvalue weighted by atomic mass is 32.2. The van der Waals surface area contributed by atoms with Crippen LogP contribution in [0.2, 0.25) is 0 Å². The molecule has 0 spiro atoms. The number of thiazole rings is 1. The number of ether oxygens (including phenoxy) is 1. The second-order valence-electron chi connectivity index (χ2n) is 7.20. The Morgan fingerprint density at radius 1 is 1.03 bits per heavy atom. The molecular formula is C23H18N2O4S2. The molecule has 0 fully saturated rings. The highest BCUT2D eigenvalue weighted by Crippen LogP contribution is 2.50. The molecule has 156 valence electrons. The van der Waals surface area contributed by atoms with Gasteiger partial charge in [-0.25, -0.2) is 13.4 Å². The fourth-order valence-corrected chi connectivity index (χ4v) is 6.04. The lowest BCUT2D eigenvalue weighted by Gasteiger charge is -2.06. The van der Waals surface area contributed by atoms with Crippen LogP contribution in [0.25, 0.3) is 32.5 Å². The molecule has 0 unspecified atom stereocenters. The fourth-order valence-electron chi connectivity index (χ4n) is 3.78. The molecule has 0 bridgehead atoms. The van der Waals surface area contributed by atoms with Gasteiger partial charge in [-0.1, -0.05) is 47.7 Å². The first kappa shape index (κ1) is 19.7. The van der Waals surface area contributed by atoms with Crippen molar-refractivity contribution < 1.29 is 17.9 Å². The molecule has 0 saturated carbocycles. The molecule has 4 aromatic rings. The molecule has 8 heteroatoms. The van der Waals surface area contributed by atoms with Crippen molar-refractivity contribution in [3.63, 3.8) is 0 Å². The number of rotatable bonds is 6. The number of carbonyl (C=O) groups excluding carboxylic acids is 1. The van der Waals surface area contributed by atoms with Crippen LogP contribution in [-0.2, 0) is 14.6 Å². The summed E-state index contributed by atoms with van der Waals surface area (Å²) in [5.74, 6) is -0.0833. The first-order chi connectivity index (χ1) is 15.0. The lowest BCUT2D eigenvalue weighted by Crippen LogP contribution is -2.17. The normalized spacial score (nSPS) is 12.0. The minimum Gasteiger partial charge on any atom is -0.497 e. The number of nitrogens with one attached hydrogen (secondary N) is 1. The van der Waals surface area contributed by atoms with E-state index >= 15 is 0 Å². The number of sulfone groups is 1. The number of methoxy groups -OCH3 is 1. The van der Waals surface area contributed by atoms with E-state index in [2.05, 4.69) is 28.5 Å². The lowest BCUT2D eigenvalue weighted by molar-refractivity contribution is -0.115. The van der Waals surface area contributed by atoms with E-state index in [0.29, 0.717) is 10.9 Å². The second kappa shape index (κ2) is 7.47. The Hall–Kier alpha value is -3.23. The standard InChI is InChI=1S/C23H18N2O4S2/c1-29-15-8-10-16(11-9-15)31(27,28)13-12-19(26)24-23-25-21-17-6-2-4-14-5-3-7-18(20(14)17)22(21)30-23/h2-11H,12-13H2,1H3,(H,24,25,26). The van der Waals surface area contributed by atoms with E-state index in [1.165, 1.54) is 36.0 Å². The van der Waals surface area contributed by atoms with Crippen LogP contribution in [0.4, 0.5) is 5.13 Å². The average molecular weight is 451 g/mol. The van der Waals surface area contributed by atoms with Crippen LogP contribution in [-0.4, -0.2) is 32.2 Å². The molecule has 1 amide bonds. The van der Waals surface area contributed by atoms with Gasteiger partial charge in [-0.3, -0.25) is 4.79 Å². The van der Waals surface area contributed by atoms with Gasteiger partial charge in [-0.2, -0.15) is 0 Å². The Balaban J connectivity index is 1.30. The maximum Gasteiger partial charge on any atom is 0.227 e. The van der Waals surface area contributed by atoms with Crippen LogP contribution < -0.4 is 10.1 Å². The molecule has 1 heterocycles. The van der Waals surface area contributed by atoms with Crippen molar-refractivity contribution in [2.24, 2.45) is 0 Å². The molecule has 1 aliphatic carbocycles. The molecule has 3 aromatic carbocycles. The molecular weight excluding hydrogens is 432 g/mol. The molecule has 1 N–H and O–H groups in total. The summed E-state index contributed by atoms with van der Waals surface area (Å²) in [5, 5.41) is 5.58. The van der Waals surface area contributed by atoms with E-state index in [9.17, 15) is 13.2 Å². The number of nitrogens with zero attached hydrogens (tertiary/aromatic N) is 1. The van der Waals surface area contributed by atoms with Gasteiger partial charge >= 0.3 is 0 Å². The monoisotopic (exact) mass is 450 g/mol. The summed E-state index contributed by atoms with van der Waals surface area (Å²) >= 11 is 1.41. The molecule has 1 aromatic heterocycles. The maximum atomic E-state index is 12.5. The van der Waals surface area contributed by atoms with Gasteiger partial charge in [-0.05, 0) is 35.0 Å². The van der Waals surface area contributed by atoms with Crippen molar-refractivity contribution in [3.8, 4) is 27.4 Å². The minimum atomic E-state index is -3.57. The summed E-state index contributed by atoms with van der Waals surface area (Å²) in [4.78, 5) is 18.2. The summed E-state index contributed by atoms with van der Waals surface area (Å²) in [5.41, 5.74) is 3.03. The zero-order valence-corrected chi connectivity index (χ0v) is 18.2. The number of amides is 1. The number of aromatic nitrogens is 1. The first-order valence-corrected chi connectivity index (χ1v) is 12.1. The summed E-state index contributed by atoms with van der Waals surface area (Å²) in [7, 11) is -2.05. The van der Waals surface area contributed by atoms with Gasteiger partial charge in [0, 0.05) is 17.5 Å². The van der Waals surface area contributed by atoms with Gasteiger partial charge in [0.2, 0.25) is 5.91 Å². The number of hydrogen-bond acceptors (Lipinski definition) is 6. The van der Waals surface area contributed by atoms with Crippen molar-refractivity contribution in [3.05, 3.63) is 60.7 Å². The van der Waals surface area contributed by atoms with Crippen molar-refractivity contribution in [1.29, 1.82) is 0 Å². The van der Waals surface area contributed by atoms with Crippen LogP contribution in [0.1, 0.15) is 6.42 Å². The Kier molecular flexibility index (Phi) is 4.75. The molecule has 31 heavy (non-hydrogen) atoms. The molecule has 5 rings (SSSR count). The van der Waals surface area contributed by atoms with Crippen molar-refractivity contribution in [2.45, 2.75) is 11.3 Å². The number of carbonyl (C=O) groups is 1. The Morgan fingerprint density at radius 2 is 1.74 bits per heavy atom. The highest BCUT2D eigenvalue weighted by molar-refractivity contribution is 7.91. The van der Waals surface area contributed by atoms with Gasteiger partial charge < -0.3 is 10.1 Å². The smallest absolute Gasteiger partial charge is 0.227 e. The quantitative estimate of drug-likeness (QED) is 0.403. The van der Waals surface area contributed by atoms with Crippen LogP contribution in [0, 0.1) is 0 Å². The third-order valence-corrected chi connectivity index (χ3v) is 8.03. The van der Waals surface area contributed by atoms with Crippen molar-refractivity contribution >= 4 is 43.0 Å². The van der Waals surface area contributed by atoms with Crippen LogP contribution in [0.5, 0.6) is 5.75 Å². The van der Waals surface area contributed by atoms with E-state index in [4.69, 9.17) is 4.74 Å². The molecule has 6 nitrogen and oxygen atoms in total. The predicted octanol–water partition coefficient (Wildman–Crippen LogP) is 4.75. The van der Waals surface area contributed by atoms with Crippen molar-refractivity contribution in [2.75, 3.05) is 18.2 Å². The van der Waals surface area contributed by atoms with E-state index in [-0.39, 0.29) is 23.0 Å². The first-order valence-electron chi connectivity index (χ1n) is 9.66. The Bertz CT molecular complexity index is 1370. The fraction of sp³-hybridized carbons (Fsp3) is 0.130. The summed E-state index contributed by atoms with van der Waals surface area (Å²) in [6.45, 7) is 0. The minimum absolute atomic E-state index is 0.148. The van der Waals surface area contributed by atoms with Gasteiger partial charge in [-0.15, -0.1) is 0 Å². The number of fused-ring (bicyclic) bond motifs is 3. The molecule has 0 saturated heterocycles. The largest absolute Gasteiger partial charge is 0.497 e. The lowest BCUT2D eigenvalue weighted by atomic mass is 10.0. The Labute approximate surface area is 183 Å². The molecule has 1 aliphatic rings. The predicted molar refractivity (Wildman–Crippen MR) is 122 cm³/mol. The van der Waals surface area contributed by atoms with E-state index in [1.54, 1.807) is 12.1 Å². The number of anilines is 1. The molecule has 0 radical (unpaired) electrons. The van der Waals surface area contributed by atoms with Crippen molar-refractivity contribution in [1.82, 2.24) is 4.98 Å². The van der Waals surface area contributed by atoms with Gasteiger partial charge in [0.25, 0.3) is 0 Å². The zero-order valence-electron chi connectivity index (χ0n) is 16.6. The van der Waals surface area contributed by atoms with Gasteiger partial charge in [0.15, 0.2) is 15.0 Å². The third-order valence-electron chi connectivity index (χ3n) is 5.29. The van der Waals surface area contributed by atoms with Gasteiger partial charge in [0.1, 0.15) is 5.75 Å². The van der Waals surface area contributed by atoms with E-state index in [0.717, 1.165) is 27.1 Å². The van der Waals surface area contributed by atoms with Gasteiger partial charge in [0.05, 0.1) is 28.3 Å². The van der Waals surface area contributed by atoms with E-state index in [1.807, 2.05) is 18.2 Å². The second-order valence-corrected chi connectivity index (χ2v) is 10.3. The van der Waals surface area contributed by atoms with E-state index < -0.39 is 9.84 Å². The summed E-state index contributed by atoms with van der Waals surface area (Å²) in [6, 6.07) is 18.4. The zero-order chi connectivity index (χ0) is 21.6. The van der Waals surface area contributed by atoms with Crippen LogP contribution in [0.15, 0.2) is 65.6 Å². The summed E-state index contributed by atoms with van der Waals surface area (Å²) < 4.78 is 30.1. The SMILES string of the molecule is COc1ccc(S(=O)(=O)CCC(=O)Nc2nc3c(s2)-c2cccc4cccc-3c24)cc1. The third kappa shape index (κ3) is 3.47. The Morgan fingerprint density at radius 3 is 2.45 bits per heavy atom. The average Bonchev–Trinajstić information content (AvgIpc) is 3.32. The molecule has 0 atom stereocenters.